The van der Waals surface area contributed by atoms with Crippen molar-refractivity contribution in [1.29, 1.82) is 0 Å². The van der Waals surface area contributed by atoms with Crippen LogP contribution in [0.5, 0.6) is 11.5 Å². The molecule has 0 unspecified atom stereocenters. The van der Waals surface area contributed by atoms with Crippen LogP contribution in [0.15, 0.2) is 53.6 Å². The molecular weight excluding hydrogens is 366 g/mol. The van der Waals surface area contributed by atoms with Gasteiger partial charge in [0.15, 0.2) is 0 Å². The number of carbonyl (C=O) groups excluding carboxylic acids is 1. The Balaban J connectivity index is 1.63. The van der Waals surface area contributed by atoms with Crippen LogP contribution in [0.1, 0.15) is 47.3 Å². The van der Waals surface area contributed by atoms with Crippen molar-refractivity contribution in [1.82, 2.24) is 10.4 Å². The highest BCUT2D eigenvalue weighted by Crippen LogP contribution is 2.40. The molecule has 6 nitrogen and oxygen atoms in total. The van der Waals surface area contributed by atoms with Gasteiger partial charge in [-0.05, 0) is 44.0 Å². The lowest BCUT2D eigenvalue weighted by atomic mass is 10.1. The summed E-state index contributed by atoms with van der Waals surface area (Å²) in [4.78, 5) is 17.7. The smallest absolute Gasteiger partial charge is 0.272 e. The third kappa shape index (κ3) is 3.92. The Bertz CT molecular complexity index is 1100. The number of benzene rings is 2. The van der Waals surface area contributed by atoms with Crippen molar-refractivity contribution >= 4 is 22.5 Å². The molecule has 0 radical (unpaired) electrons. The molecule has 0 bridgehead atoms. The summed E-state index contributed by atoms with van der Waals surface area (Å²) in [6.45, 7) is 1.82. The Morgan fingerprint density at radius 2 is 1.86 bits per heavy atom. The van der Waals surface area contributed by atoms with Crippen molar-refractivity contribution in [3.63, 3.8) is 0 Å². The molecule has 0 saturated heterocycles. The molecule has 1 amide bonds. The van der Waals surface area contributed by atoms with Gasteiger partial charge in [0.2, 0.25) is 0 Å². The first-order valence-corrected chi connectivity index (χ1v) is 9.57. The van der Waals surface area contributed by atoms with Crippen LogP contribution < -0.4 is 14.9 Å². The number of methoxy groups -OCH3 is 2. The zero-order valence-electron chi connectivity index (χ0n) is 16.7. The number of aromatic nitrogens is 1. The van der Waals surface area contributed by atoms with E-state index in [1.807, 2.05) is 49.4 Å². The molecule has 1 heterocycles. The summed E-state index contributed by atoms with van der Waals surface area (Å²) >= 11 is 0. The summed E-state index contributed by atoms with van der Waals surface area (Å²) in [5, 5.41) is 5.13. The zero-order chi connectivity index (χ0) is 20.4. The molecular formula is C23H23N3O3. The molecule has 0 spiro atoms. The molecule has 1 fully saturated rings. The second-order valence-corrected chi connectivity index (χ2v) is 7.09. The van der Waals surface area contributed by atoms with E-state index < -0.39 is 0 Å². The second-order valence-electron chi connectivity index (χ2n) is 7.09. The maximum absolute atomic E-state index is 12.9. The van der Waals surface area contributed by atoms with E-state index in [4.69, 9.17) is 14.5 Å². The van der Waals surface area contributed by atoms with Gasteiger partial charge in [-0.3, -0.25) is 9.78 Å². The summed E-state index contributed by atoms with van der Waals surface area (Å²) in [5.41, 5.74) is 6.52. The average Bonchev–Trinajstić information content (AvgIpc) is 3.61. The molecule has 29 heavy (non-hydrogen) atoms. The molecule has 0 aliphatic heterocycles. The van der Waals surface area contributed by atoms with Gasteiger partial charge in [-0.1, -0.05) is 18.2 Å². The van der Waals surface area contributed by atoms with Crippen molar-refractivity contribution in [3.05, 3.63) is 65.4 Å². The van der Waals surface area contributed by atoms with Crippen LogP contribution in [0, 0.1) is 0 Å². The number of hydrazone groups is 1. The lowest BCUT2D eigenvalue weighted by molar-refractivity contribution is 0.0956. The number of rotatable bonds is 6. The Morgan fingerprint density at radius 1 is 1.07 bits per heavy atom. The van der Waals surface area contributed by atoms with Crippen LogP contribution in [-0.2, 0) is 0 Å². The molecule has 1 aliphatic rings. The predicted octanol–water partition coefficient (Wildman–Crippen LogP) is 4.28. The highest BCUT2D eigenvalue weighted by atomic mass is 16.5. The quantitative estimate of drug-likeness (QED) is 0.504. The number of fused-ring (bicyclic) bond motifs is 1. The number of nitrogens with zero attached hydrogens (tertiary/aromatic N) is 2. The summed E-state index contributed by atoms with van der Waals surface area (Å²) in [6.07, 6.45) is 2.25. The van der Waals surface area contributed by atoms with Crippen LogP contribution in [0.25, 0.3) is 10.9 Å². The molecule has 3 aromatic rings. The number of nitrogens with one attached hydrogen (secondary N) is 1. The maximum atomic E-state index is 12.9. The van der Waals surface area contributed by atoms with E-state index in [2.05, 4.69) is 10.5 Å². The van der Waals surface area contributed by atoms with Gasteiger partial charge in [0.05, 0.1) is 31.0 Å². The molecule has 1 aliphatic carbocycles. The number of pyridine rings is 1. The second kappa shape index (κ2) is 7.91. The van der Waals surface area contributed by atoms with Crippen LogP contribution in [0.3, 0.4) is 0 Å². The van der Waals surface area contributed by atoms with Gasteiger partial charge < -0.3 is 9.47 Å². The SMILES string of the molecule is COc1ccc(/C(C)=N/NC(=O)c2cc(C3CC3)nc3ccccc23)c(OC)c1. The van der Waals surface area contributed by atoms with Crippen molar-refractivity contribution in [2.75, 3.05) is 14.2 Å². The average molecular weight is 389 g/mol. The summed E-state index contributed by atoms with van der Waals surface area (Å²) < 4.78 is 10.7. The van der Waals surface area contributed by atoms with Crippen LogP contribution in [0.4, 0.5) is 0 Å². The van der Waals surface area contributed by atoms with E-state index in [1.54, 1.807) is 20.3 Å². The number of ether oxygens (including phenoxy) is 2. The number of hydrogen-bond donors (Lipinski definition) is 1. The minimum atomic E-state index is -0.252. The summed E-state index contributed by atoms with van der Waals surface area (Å²) in [6, 6.07) is 15.1. The normalized spacial score (nSPS) is 14.0. The molecule has 1 saturated carbocycles. The Kier molecular flexibility index (Phi) is 5.16. The number of para-hydroxylation sites is 1. The first-order valence-electron chi connectivity index (χ1n) is 9.57. The van der Waals surface area contributed by atoms with Crippen molar-refractivity contribution in [3.8, 4) is 11.5 Å². The predicted molar refractivity (Wildman–Crippen MR) is 113 cm³/mol. The summed E-state index contributed by atoms with van der Waals surface area (Å²) in [5.74, 6) is 1.53. The van der Waals surface area contributed by atoms with Gasteiger partial charge >= 0.3 is 0 Å². The zero-order valence-corrected chi connectivity index (χ0v) is 16.7. The largest absolute Gasteiger partial charge is 0.497 e. The minimum Gasteiger partial charge on any atom is -0.497 e. The molecule has 1 aromatic heterocycles. The maximum Gasteiger partial charge on any atom is 0.272 e. The topological polar surface area (TPSA) is 72.8 Å². The van der Waals surface area contributed by atoms with Gasteiger partial charge in [-0.2, -0.15) is 5.10 Å². The van der Waals surface area contributed by atoms with Crippen LogP contribution >= 0.6 is 0 Å². The molecule has 4 rings (SSSR count). The standard InChI is InChI=1S/C23H23N3O3/c1-14(17-11-10-16(28-2)12-22(17)29-3)25-26-23(27)19-13-21(15-8-9-15)24-20-7-5-4-6-18(19)20/h4-7,10-13,15H,8-9H2,1-3H3,(H,26,27)/b25-14+. The van der Waals surface area contributed by atoms with E-state index in [0.717, 1.165) is 35.0 Å². The van der Waals surface area contributed by atoms with Crippen molar-refractivity contribution < 1.29 is 14.3 Å². The Morgan fingerprint density at radius 3 is 2.59 bits per heavy atom. The van der Waals surface area contributed by atoms with E-state index in [1.165, 1.54) is 0 Å². The number of carbonyl (C=O) groups is 1. The van der Waals surface area contributed by atoms with Crippen LogP contribution in [-0.4, -0.2) is 30.8 Å². The van der Waals surface area contributed by atoms with Crippen molar-refractivity contribution in [2.45, 2.75) is 25.7 Å². The van der Waals surface area contributed by atoms with Gasteiger partial charge in [0.25, 0.3) is 5.91 Å². The van der Waals surface area contributed by atoms with Gasteiger partial charge in [0.1, 0.15) is 11.5 Å². The monoisotopic (exact) mass is 389 g/mol. The van der Waals surface area contributed by atoms with E-state index >= 15 is 0 Å². The van der Waals surface area contributed by atoms with Gasteiger partial charge in [-0.15, -0.1) is 0 Å². The van der Waals surface area contributed by atoms with Crippen LogP contribution in [0.2, 0.25) is 0 Å². The van der Waals surface area contributed by atoms with E-state index in [9.17, 15) is 4.79 Å². The van der Waals surface area contributed by atoms with Crippen molar-refractivity contribution in [2.24, 2.45) is 5.10 Å². The first-order chi connectivity index (χ1) is 14.1. The van der Waals surface area contributed by atoms with Gasteiger partial charge in [0, 0.05) is 28.6 Å². The lowest BCUT2D eigenvalue weighted by Gasteiger charge is -2.11. The fourth-order valence-corrected chi connectivity index (χ4v) is 3.32. The summed E-state index contributed by atoms with van der Waals surface area (Å²) in [7, 11) is 3.19. The minimum absolute atomic E-state index is 0.252. The highest BCUT2D eigenvalue weighted by Gasteiger charge is 2.27. The molecule has 0 atom stereocenters. The van der Waals surface area contributed by atoms with Gasteiger partial charge in [-0.25, -0.2) is 5.43 Å². The lowest BCUT2D eigenvalue weighted by Crippen LogP contribution is -2.20. The third-order valence-corrected chi connectivity index (χ3v) is 5.10. The Hall–Kier alpha value is -3.41. The number of amides is 1. The molecule has 6 heteroatoms. The Labute approximate surface area is 169 Å². The third-order valence-electron chi connectivity index (χ3n) is 5.10. The number of hydrogen-bond acceptors (Lipinski definition) is 5. The highest BCUT2D eigenvalue weighted by molar-refractivity contribution is 6.07. The van der Waals surface area contributed by atoms with E-state index in [0.29, 0.717) is 28.7 Å². The molecule has 2 aromatic carbocycles. The fraction of sp³-hybridized carbons (Fsp3) is 0.261. The molecule has 1 N–H and O–H groups in total. The fourth-order valence-electron chi connectivity index (χ4n) is 3.32. The first kappa shape index (κ1) is 18.9. The van der Waals surface area contributed by atoms with E-state index in [-0.39, 0.29) is 5.91 Å². The molecule has 148 valence electrons.